The Labute approximate surface area is 416 Å². The molecule has 0 saturated carbocycles. The van der Waals surface area contributed by atoms with E-state index < -0.39 is 0 Å². The molecule has 10 rings (SSSR count). The van der Waals surface area contributed by atoms with E-state index in [2.05, 4.69) is 155 Å². The lowest BCUT2D eigenvalue weighted by atomic mass is 10.0. The minimum absolute atomic E-state index is 0. The monoisotopic (exact) mass is 996 g/mol. The molecule has 4 aliphatic heterocycles. The van der Waals surface area contributed by atoms with Gasteiger partial charge in [-0.2, -0.15) is 0 Å². The smallest absolute Gasteiger partial charge is 0.158 e. The number of para-hydroxylation sites is 4. The third kappa shape index (κ3) is 12.6. The number of aromatic nitrogens is 2. The molecule has 17 heteroatoms. The molecule has 0 aliphatic carbocycles. The van der Waals surface area contributed by atoms with Crippen LogP contribution in [-0.2, 0) is 12.8 Å². The maximum Gasteiger partial charge on any atom is 0.158 e. The molecule has 0 amide bonds. The summed E-state index contributed by atoms with van der Waals surface area (Å²) >= 11 is 3.41. The Kier molecular flexibility index (Phi) is 20.1. The number of nitrogens with one attached hydrogen (secondary N) is 2. The van der Waals surface area contributed by atoms with Gasteiger partial charge in [-0.05, 0) is 89.0 Å². The minimum Gasteiger partial charge on any atom is -0.412 e. The van der Waals surface area contributed by atoms with Gasteiger partial charge in [0, 0.05) is 51.4 Å². The summed E-state index contributed by atoms with van der Waals surface area (Å²) in [6.45, 7) is 10.1. The zero-order valence-electron chi connectivity index (χ0n) is 37.1. The zero-order valence-corrected chi connectivity index (χ0v) is 42.0. The van der Waals surface area contributed by atoms with Crippen molar-refractivity contribution in [3.63, 3.8) is 0 Å². The number of benzene rings is 4. The largest absolute Gasteiger partial charge is 0.412 e. The highest BCUT2D eigenvalue weighted by atomic mass is 35.5. The topological polar surface area (TPSA) is 119 Å². The van der Waals surface area contributed by atoms with E-state index >= 15 is 0 Å². The number of hydrogen-bond acceptors (Lipinski definition) is 12. The van der Waals surface area contributed by atoms with E-state index in [0.717, 1.165) is 131 Å². The van der Waals surface area contributed by atoms with Gasteiger partial charge in [0.25, 0.3) is 0 Å². The number of amidine groups is 2. The number of aryl methyl sites for hydroxylation is 4. The number of halogens is 4. The average Bonchev–Trinajstić information content (AvgIpc) is 3.73. The Balaban J connectivity index is 0.000000264. The van der Waals surface area contributed by atoms with Gasteiger partial charge in [-0.1, -0.05) is 84.9 Å². The van der Waals surface area contributed by atoms with Crippen LogP contribution in [0.5, 0.6) is 0 Å². The van der Waals surface area contributed by atoms with Gasteiger partial charge >= 0.3 is 0 Å². The van der Waals surface area contributed by atoms with Gasteiger partial charge in [0.15, 0.2) is 11.7 Å². The van der Waals surface area contributed by atoms with Crippen LogP contribution in [0.4, 0.5) is 32.8 Å². The zero-order chi connectivity index (χ0) is 41.0. The molecule has 11 nitrogen and oxygen atoms in total. The lowest BCUT2D eigenvalue weighted by molar-refractivity contribution is 0.134. The number of likely N-dealkylation sites (N-methyl/N-ethyl adjacent to an activating group) is 2. The molecule has 2 saturated heterocycles. The second kappa shape index (κ2) is 24.5. The van der Waals surface area contributed by atoms with Crippen LogP contribution >= 0.6 is 72.3 Å². The molecule has 6 aromatic rings. The van der Waals surface area contributed by atoms with Gasteiger partial charge in [-0.15, -0.1) is 72.3 Å². The van der Waals surface area contributed by atoms with Gasteiger partial charge in [0.1, 0.15) is 21.4 Å². The Bertz CT molecular complexity index is 2320. The van der Waals surface area contributed by atoms with Crippen LogP contribution in [0.25, 0.3) is 0 Å². The van der Waals surface area contributed by atoms with Crippen molar-refractivity contribution in [1.82, 2.24) is 29.6 Å². The van der Waals surface area contributed by atoms with E-state index in [0.29, 0.717) is 12.1 Å². The number of hydrogen-bond donors (Lipinski definition) is 2. The molecule has 2 atom stereocenters. The Hall–Kier alpha value is -4.28. The predicted octanol–water partition coefficient (Wildman–Crippen LogP) is 10.5. The standard InChI is InChI=1S/2C24H27N5S.4ClH.H2O/c2*1-17-25-22-23(26-20-10-6-7-11-21(20)27-24(22)30-17)29-15-14-28(2)19(16-29)13-12-18-8-4-3-5-9-18;;;;;/h2*3-11,19,27H,12-16H2,1-2H3;4*1H;1H2/t2*19-;;;;;/m00...../s1. The summed E-state index contributed by atoms with van der Waals surface area (Å²) in [5.74, 6) is 2.01. The van der Waals surface area contributed by atoms with Crippen LogP contribution in [0.15, 0.2) is 119 Å². The van der Waals surface area contributed by atoms with Crippen molar-refractivity contribution < 1.29 is 5.48 Å². The van der Waals surface area contributed by atoms with Gasteiger partial charge in [-0.3, -0.25) is 9.80 Å². The number of anilines is 4. The summed E-state index contributed by atoms with van der Waals surface area (Å²) in [5, 5.41) is 11.4. The van der Waals surface area contributed by atoms with Crippen molar-refractivity contribution >= 4 is 117 Å². The van der Waals surface area contributed by atoms with E-state index in [1.807, 2.05) is 12.1 Å². The second-order valence-electron chi connectivity index (χ2n) is 16.2. The van der Waals surface area contributed by atoms with Crippen LogP contribution in [0.1, 0.15) is 45.4 Å². The molecule has 0 spiro atoms. The third-order valence-corrected chi connectivity index (χ3v) is 13.8. The van der Waals surface area contributed by atoms with Crippen LogP contribution in [0.3, 0.4) is 0 Å². The molecule has 65 heavy (non-hydrogen) atoms. The molecule has 348 valence electrons. The van der Waals surface area contributed by atoms with Crippen molar-refractivity contribution in [2.24, 2.45) is 9.98 Å². The van der Waals surface area contributed by atoms with Gasteiger partial charge in [-0.25, -0.2) is 20.0 Å². The first-order valence-corrected chi connectivity index (χ1v) is 22.8. The minimum atomic E-state index is 0. The first kappa shape index (κ1) is 53.3. The second-order valence-corrected chi connectivity index (χ2v) is 18.6. The fourth-order valence-electron chi connectivity index (χ4n) is 8.56. The van der Waals surface area contributed by atoms with Crippen molar-refractivity contribution in [2.75, 3.05) is 64.0 Å². The van der Waals surface area contributed by atoms with E-state index in [-0.39, 0.29) is 55.1 Å². The Morgan fingerprint density at radius 3 is 1.29 bits per heavy atom. The van der Waals surface area contributed by atoms with Gasteiger partial charge in [0.05, 0.1) is 32.8 Å². The normalized spacial score (nSPS) is 17.4. The fraction of sp³-hybridized carbons (Fsp3) is 0.333. The van der Waals surface area contributed by atoms with Gasteiger partial charge in [0.2, 0.25) is 0 Å². The summed E-state index contributed by atoms with van der Waals surface area (Å²) in [5.41, 5.74) is 8.85. The lowest BCUT2D eigenvalue weighted by Crippen LogP contribution is -2.53. The maximum atomic E-state index is 5.10. The van der Waals surface area contributed by atoms with Crippen molar-refractivity contribution in [3.8, 4) is 0 Å². The molecule has 6 heterocycles. The fourth-order valence-corrected chi connectivity index (χ4v) is 10.2. The summed E-state index contributed by atoms with van der Waals surface area (Å²) in [7, 11) is 4.49. The highest BCUT2D eigenvalue weighted by Crippen LogP contribution is 2.39. The number of piperazine rings is 2. The molecule has 4 N–H and O–H groups in total. The number of rotatable bonds is 6. The predicted molar refractivity (Wildman–Crippen MR) is 284 cm³/mol. The maximum absolute atomic E-state index is 5.10. The van der Waals surface area contributed by atoms with Crippen molar-refractivity contribution in [2.45, 2.75) is 51.6 Å². The quantitative estimate of drug-likeness (QED) is 0.169. The van der Waals surface area contributed by atoms with E-state index in [1.165, 1.54) is 11.1 Å². The molecule has 0 unspecified atom stereocenters. The number of nitrogens with zero attached hydrogens (tertiary/aromatic N) is 8. The van der Waals surface area contributed by atoms with Crippen LogP contribution < -0.4 is 10.6 Å². The van der Waals surface area contributed by atoms with E-state index in [9.17, 15) is 0 Å². The number of thiazole rings is 2. The van der Waals surface area contributed by atoms with E-state index in [4.69, 9.17) is 20.0 Å². The number of fused-ring (bicyclic) bond motifs is 4. The first-order valence-electron chi connectivity index (χ1n) is 21.2. The molecular formula is C48H60Cl4N10OS2. The van der Waals surface area contributed by atoms with Crippen LogP contribution in [0.2, 0.25) is 0 Å². The molecule has 2 fully saturated rings. The summed E-state index contributed by atoms with van der Waals surface area (Å²) in [6.07, 6.45) is 4.48. The highest BCUT2D eigenvalue weighted by Gasteiger charge is 2.32. The molecule has 4 aliphatic rings. The van der Waals surface area contributed by atoms with E-state index in [1.54, 1.807) is 22.7 Å². The Morgan fingerprint density at radius 2 is 0.892 bits per heavy atom. The highest BCUT2D eigenvalue weighted by molar-refractivity contribution is 7.16. The van der Waals surface area contributed by atoms with Crippen LogP contribution in [-0.4, -0.2) is 112 Å². The molecule has 0 bridgehead atoms. The van der Waals surface area contributed by atoms with Gasteiger partial charge < -0.3 is 25.9 Å². The molecule has 4 aromatic carbocycles. The van der Waals surface area contributed by atoms with Crippen LogP contribution in [0, 0.1) is 13.8 Å². The molecule has 0 radical (unpaired) electrons. The van der Waals surface area contributed by atoms with Crippen molar-refractivity contribution in [1.29, 1.82) is 0 Å². The SMILES string of the molecule is Cc1nc2c(s1)Nc1ccccc1N=C2N1CCN(C)[C@@H](CCc2ccccc2)C1.Cc1nc2c(s1)Nc1ccccc1N=C2N1CCN(C)[C@@H](CCc2ccccc2)C1.Cl.Cl.Cl.Cl.O. The molecular weight excluding hydrogens is 939 g/mol. The number of aliphatic imine (C=N–C) groups is 2. The average molecular weight is 999 g/mol. The third-order valence-electron chi connectivity index (χ3n) is 12.0. The summed E-state index contributed by atoms with van der Waals surface area (Å²) in [6, 6.07) is 39.1. The first-order chi connectivity index (χ1) is 29.3. The molecule has 2 aromatic heterocycles. The summed E-state index contributed by atoms with van der Waals surface area (Å²) < 4.78 is 0. The van der Waals surface area contributed by atoms with Crippen molar-refractivity contribution in [3.05, 3.63) is 142 Å². The lowest BCUT2D eigenvalue weighted by Gasteiger charge is -2.40. The summed E-state index contributed by atoms with van der Waals surface area (Å²) in [4.78, 5) is 29.8. The Morgan fingerprint density at radius 1 is 0.523 bits per heavy atom.